The highest BCUT2D eigenvalue weighted by atomic mass is 35.5. The van der Waals surface area contributed by atoms with Crippen LogP contribution >= 0.6 is 22.9 Å². The Balaban J connectivity index is 1.49. The van der Waals surface area contributed by atoms with Crippen LogP contribution in [-0.4, -0.2) is 17.7 Å². The maximum Gasteiger partial charge on any atom is 0.311 e. The first-order valence-corrected chi connectivity index (χ1v) is 9.71. The van der Waals surface area contributed by atoms with E-state index in [1.807, 2.05) is 5.38 Å². The Bertz CT molecular complexity index is 967. The molecule has 0 bridgehead atoms. The molecule has 0 spiro atoms. The van der Waals surface area contributed by atoms with Crippen LogP contribution in [0.3, 0.4) is 0 Å². The number of hydrogen-bond donors (Lipinski definition) is 1. The van der Waals surface area contributed by atoms with Gasteiger partial charge in [-0.1, -0.05) is 17.7 Å². The number of benzene rings is 2. The molecule has 3 aromatic rings. The van der Waals surface area contributed by atoms with Crippen molar-refractivity contribution in [2.75, 3.05) is 5.32 Å². The smallest absolute Gasteiger partial charge is 0.311 e. The second-order valence-corrected chi connectivity index (χ2v) is 7.24. The van der Waals surface area contributed by atoms with Crippen molar-refractivity contribution in [3.8, 4) is 5.75 Å². The van der Waals surface area contributed by atoms with Crippen molar-refractivity contribution >= 4 is 46.3 Å². The van der Waals surface area contributed by atoms with Crippen molar-refractivity contribution in [1.29, 1.82) is 0 Å². The summed E-state index contributed by atoms with van der Waals surface area (Å²) in [4.78, 5) is 36.6. The number of ether oxygens (including phenoxy) is 1. The van der Waals surface area contributed by atoms with Crippen molar-refractivity contribution in [3.05, 3.63) is 81.5 Å². The number of hydrogen-bond acceptors (Lipinski definition) is 5. The zero-order chi connectivity index (χ0) is 19.9. The van der Waals surface area contributed by atoms with Crippen LogP contribution in [0.2, 0.25) is 5.02 Å². The third kappa shape index (κ3) is 5.52. The molecule has 0 aliphatic rings. The number of nitrogens with one attached hydrogen (secondary N) is 1. The van der Waals surface area contributed by atoms with Crippen LogP contribution in [0.15, 0.2) is 66.0 Å². The molecule has 28 heavy (non-hydrogen) atoms. The molecule has 0 aliphatic carbocycles. The van der Waals surface area contributed by atoms with E-state index < -0.39 is 5.97 Å². The highest BCUT2D eigenvalue weighted by Crippen LogP contribution is 2.18. The first-order valence-electron chi connectivity index (χ1n) is 8.45. The zero-order valence-corrected chi connectivity index (χ0v) is 16.3. The van der Waals surface area contributed by atoms with Crippen LogP contribution in [0.25, 0.3) is 0 Å². The second-order valence-electron chi connectivity index (χ2n) is 5.86. The standard InChI is InChI=1S/C21H16ClNO4S/c22-15-5-3-14(4-6-15)21(26)23-16-7-9-17(10-8-16)27-20(25)12-11-18(24)19-2-1-13-28-19/h1-10,13H,11-12H2,(H,23,26). The number of halogens is 1. The molecule has 0 aliphatic heterocycles. The van der Waals surface area contributed by atoms with Gasteiger partial charge in [0.25, 0.3) is 5.91 Å². The quantitative estimate of drug-likeness (QED) is 0.327. The second kappa shape index (κ2) is 9.30. The first-order chi connectivity index (χ1) is 13.5. The molecular formula is C21H16ClNO4S. The fourth-order valence-corrected chi connectivity index (χ4v) is 3.19. The molecule has 7 heteroatoms. The van der Waals surface area contributed by atoms with E-state index in [1.54, 1.807) is 60.7 Å². The van der Waals surface area contributed by atoms with Crippen LogP contribution in [-0.2, 0) is 4.79 Å². The van der Waals surface area contributed by atoms with Gasteiger partial charge >= 0.3 is 5.97 Å². The Labute approximate surface area is 170 Å². The summed E-state index contributed by atoms with van der Waals surface area (Å²) in [6, 6.07) is 16.5. The summed E-state index contributed by atoms with van der Waals surface area (Å²) >= 11 is 7.16. The zero-order valence-electron chi connectivity index (χ0n) is 14.7. The van der Waals surface area contributed by atoms with Crippen LogP contribution in [0.5, 0.6) is 5.75 Å². The van der Waals surface area contributed by atoms with E-state index in [9.17, 15) is 14.4 Å². The van der Waals surface area contributed by atoms with E-state index in [0.29, 0.717) is 26.9 Å². The summed E-state index contributed by atoms with van der Waals surface area (Å²) in [5, 5.41) is 5.12. The minimum absolute atomic E-state index is 0.00574. The average molecular weight is 414 g/mol. The molecule has 1 heterocycles. The highest BCUT2D eigenvalue weighted by molar-refractivity contribution is 7.12. The van der Waals surface area contributed by atoms with Gasteiger partial charge in [-0.15, -0.1) is 11.3 Å². The largest absolute Gasteiger partial charge is 0.427 e. The molecule has 0 saturated carbocycles. The van der Waals surface area contributed by atoms with E-state index in [4.69, 9.17) is 16.3 Å². The number of thiophene rings is 1. The summed E-state index contributed by atoms with van der Waals surface area (Å²) in [6.07, 6.45) is 0.111. The normalized spacial score (nSPS) is 10.3. The van der Waals surface area contributed by atoms with E-state index in [2.05, 4.69) is 5.32 Å². The molecule has 1 amide bonds. The van der Waals surface area contributed by atoms with Gasteiger partial charge < -0.3 is 10.1 Å². The Morgan fingerprint density at radius 2 is 1.64 bits per heavy atom. The molecule has 0 atom stereocenters. The minimum Gasteiger partial charge on any atom is -0.427 e. The van der Waals surface area contributed by atoms with Crippen molar-refractivity contribution in [3.63, 3.8) is 0 Å². The Kier molecular flexibility index (Phi) is 6.57. The first kappa shape index (κ1) is 19.8. The molecule has 3 rings (SSSR count). The van der Waals surface area contributed by atoms with E-state index in [1.165, 1.54) is 11.3 Å². The molecule has 1 N–H and O–H groups in total. The molecule has 2 aromatic carbocycles. The van der Waals surface area contributed by atoms with Gasteiger partial charge in [-0.05, 0) is 60.0 Å². The van der Waals surface area contributed by atoms with E-state index >= 15 is 0 Å². The number of carbonyl (C=O) groups is 3. The highest BCUT2D eigenvalue weighted by Gasteiger charge is 2.12. The topological polar surface area (TPSA) is 72.5 Å². The van der Waals surface area contributed by atoms with Gasteiger partial charge in [0.05, 0.1) is 11.3 Å². The summed E-state index contributed by atoms with van der Waals surface area (Å²) in [5.41, 5.74) is 1.04. The van der Waals surface area contributed by atoms with Gasteiger partial charge in [0.15, 0.2) is 5.78 Å². The van der Waals surface area contributed by atoms with Gasteiger partial charge in [-0.2, -0.15) is 0 Å². The SMILES string of the molecule is O=C(CCC(=O)c1cccs1)Oc1ccc(NC(=O)c2ccc(Cl)cc2)cc1. The fourth-order valence-electron chi connectivity index (χ4n) is 2.37. The maximum absolute atomic E-state index is 12.2. The van der Waals surface area contributed by atoms with Crippen molar-refractivity contribution in [2.45, 2.75) is 12.8 Å². The molecule has 0 radical (unpaired) electrons. The Morgan fingerprint density at radius 3 is 2.29 bits per heavy atom. The van der Waals surface area contributed by atoms with Gasteiger partial charge in [-0.3, -0.25) is 14.4 Å². The molecule has 0 unspecified atom stereocenters. The summed E-state index contributed by atoms with van der Waals surface area (Å²) in [7, 11) is 0. The third-order valence-corrected chi connectivity index (χ3v) is 4.97. The predicted molar refractivity (Wildman–Crippen MR) is 109 cm³/mol. The molecular weight excluding hydrogens is 398 g/mol. The number of amides is 1. The Hall–Kier alpha value is -2.96. The third-order valence-electron chi connectivity index (χ3n) is 3.80. The number of rotatable bonds is 7. The number of esters is 1. The molecule has 0 saturated heterocycles. The van der Waals surface area contributed by atoms with Crippen LogP contribution in [0.4, 0.5) is 5.69 Å². The molecule has 5 nitrogen and oxygen atoms in total. The summed E-state index contributed by atoms with van der Waals surface area (Å²) in [6.45, 7) is 0. The van der Waals surface area contributed by atoms with Crippen LogP contribution in [0.1, 0.15) is 32.9 Å². The van der Waals surface area contributed by atoms with Gasteiger partial charge in [0.2, 0.25) is 0 Å². The van der Waals surface area contributed by atoms with E-state index in [-0.39, 0.29) is 24.5 Å². The van der Waals surface area contributed by atoms with Gasteiger partial charge in [-0.25, -0.2) is 0 Å². The fraction of sp³-hybridized carbons (Fsp3) is 0.0952. The lowest BCUT2D eigenvalue weighted by Crippen LogP contribution is -2.12. The monoisotopic (exact) mass is 413 g/mol. The molecule has 1 aromatic heterocycles. The lowest BCUT2D eigenvalue weighted by atomic mass is 10.2. The number of anilines is 1. The molecule has 0 fully saturated rings. The van der Waals surface area contributed by atoms with Gasteiger partial charge in [0.1, 0.15) is 5.75 Å². The van der Waals surface area contributed by atoms with Crippen molar-refractivity contribution in [2.24, 2.45) is 0 Å². The van der Waals surface area contributed by atoms with Crippen LogP contribution in [0, 0.1) is 0 Å². The van der Waals surface area contributed by atoms with Crippen LogP contribution < -0.4 is 10.1 Å². The number of ketones is 1. The van der Waals surface area contributed by atoms with Crippen molar-refractivity contribution < 1.29 is 19.1 Å². The molecule has 142 valence electrons. The minimum atomic E-state index is -0.483. The lowest BCUT2D eigenvalue weighted by molar-refractivity contribution is -0.134. The van der Waals surface area contributed by atoms with Crippen molar-refractivity contribution in [1.82, 2.24) is 0 Å². The van der Waals surface area contributed by atoms with Gasteiger partial charge in [0, 0.05) is 22.7 Å². The maximum atomic E-state index is 12.2. The summed E-state index contributed by atoms with van der Waals surface area (Å²) < 4.78 is 5.22. The number of carbonyl (C=O) groups excluding carboxylic acids is 3. The average Bonchev–Trinajstić information content (AvgIpc) is 3.23. The number of Topliss-reactive ketones (excluding diaryl/α,β-unsaturated/α-hetero) is 1. The lowest BCUT2D eigenvalue weighted by Gasteiger charge is -2.07. The van der Waals surface area contributed by atoms with E-state index in [0.717, 1.165) is 0 Å². The predicted octanol–water partition coefficient (Wildman–Crippen LogP) is 5.22. The summed E-state index contributed by atoms with van der Waals surface area (Å²) in [5.74, 6) is -0.485. The Morgan fingerprint density at radius 1 is 0.929 bits per heavy atom.